The summed E-state index contributed by atoms with van der Waals surface area (Å²) in [6.45, 7) is 6.86. The van der Waals surface area contributed by atoms with Crippen LogP contribution in [0.25, 0.3) is 0 Å². The van der Waals surface area contributed by atoms with Crippen LogP contribution < -0.4 is 0 Å². The van der Waals surface area contributed by atoms with Crippen molar-refractivity contribution in [2.75, 3.05) is 0 Å². The van der Waals surface area contributed by atoms with E-state index in [0.717, 1.165) is 11.8 Å². The van der Waals surface area contributed by atoms with Gasteiger partial charge in [0.15, 0.2) is 0 Å². The average molecular weight is 166 g/mol. The first-order valence-electron chi connectivity index (χ1n) is 5.38. The van der Waals surface area contributed by atoms with Crippen LogP contribution in [0.15, 0.2) is 11.6 Å². The van der Waals surface area contributed by atoms with Gasteiger partial charge in [-0.3, -0.25) is 0 Å². The fourth-order valence-corrected chi connectivity index (χ4v) is 1.57. The van der Waals surface area contributed by atoms with Crippen LogP contribution in [0.2, 0.25) is 0 Å². The summed E-state index contributed by atoms with van der Waals surface area (Å²) in [6.07, 6.45) is 9.41. The molecule has 1 atom stereocenters. The topological polar surface area (TPSA) is 0 Å². The van der Waals surface area contributed by atoms with Crippen molar-refractivity contribution in [3.63, 3.8) is 0 Å². The zero-order valence-electron chi connectivity index (χ0n) is 8.77. The highest BCUT2D eigenvalue weighted by Gasteiger charge is 2.22. The molecule has 0 heterocycles. The van der Waals surface area contributed by atoms with E-state index in [-0.39, 0.29) is 0 Å². The first kappa shape index (κ1) is 9.83. The van der Waals surface area contributed by atoms with Gasteiger partial charge in [0.25, 0.3) is 0 Å². The quantitative estimate of drug-likeness (QED) is 0.538. The van der Waals surface area contributed by atoms with E-state index in [2.05, 4.69) is 26.8 Å². The highest BCUT2D eigenvalue weighted by Crippen LogP contribution is 2.36. The lowest BCUT2D eigenvalue weighted by Gasteiger charge is -2.07. The van der Waals surface area contributed by atoms with Crippen LogP contribution in [-0.4, -0.2) is 0 Å². The number of hydrogen-bond acceptors (Lipinski definition) is 0. The van der Waals surface area contributed by atoms with E-state index in [1.165, 1.54) is 32.1 Å². The zero-order valence-corrected chi connectivity index (χ0v) is 8.77. The Bertz CT molecular complexity index is 151. The van der Waals surface area contributed by atoms with Gasteiger partial charge in [0.2, 0.25) is 0 Å². The first-order valence-corrected chi connectivity index (χ1v) is 5.38. The predicted molar refractivity (Wildman–Crippen MR) is 55.2 cm³/mol. The third kappa shape index (κ3) is 3.94. The molecule has 0 bridgehead atoms. The highest BCUT2D eigenvalue weighted by atomic mass is 14.3. The van der Waals surface area contributed by atoms with Gasteiger partial charge in [-0.2, -0.15) is 0 Å². The van der Waals surface area contributed by atoms with Crippen LogP contribution in [0.1, 0.15) is 52.9 Å². The van der Waals surface area contributed by atoms with Gasteiger partial charge >= 0.3 is 0 Å². The van der Waals surface area contributed by atoms with Crippen LogP contribution >= 0.6 is 0 Å². The van der Waals surface area contributed by atoms with Gasteiger partial charge in [0.1, 0.15) is 0 Å². The average Bonchev–Trinajstić information content (AvgIpc) is 2.84. The molecule has 0 aromatic heterocycles. The van der Waals surface area contributed by atoms with E-state index in [1.807, 2.05) is 0 Å². The number of hydrogen-bond donors (Lipinski definition) is 0. The van der Waals surface area contributed by atoms with Gasteiger partial charge in [-0.25, -0.2) is 0 Å². The number of rotatable bonds is 5. The van der Waals surface area contributed by atoms with Crippen molar-refractivity contribution in [1.29, 1.82) is 0 Å². The lowest BCUT2D eigenvalue weighted by atomic mass is 9.99. The van der Waals surface area contributed by atoms with Crippen LogP contribution in [-0.2, 0) is 0 Å². The maximum absolute atomic E-state index is 2.42. The Hall–Kier alpha value is -0.260. The minimum atomic E-state index is 0.916. The molecule has 1 rings (SSSR count). The Morgan fingerprint density at radius 2 is 2.17 bits per heavy atom. The molecule has 1 unspecified atom stereocenters. The first-order chi connectivity index (χ1) is 5.72. The Labute approximate surface area is 77.1 Å². The van der Waals surface area contributed by atoms with Gasteiger partial charge in [0, 0.05) is 0 Å². The third-order valence-electron chi connectivity index (χ3n) is 2.86. The van der Waals surface area contributed by atoms with E-state index in [0.29, 0.717) is 0 Å². The molecular formula is C12H22. The molecule has 1 saturated carbocycles. The largest absolute Gasteiger partial charge is 0.0854 e. The van der Waals surface area contributed by atoms with Crippen LogP contribution in [0.3, 0.4) is 0 Å². The van der Waals surface area contributed by atoms with Crippen molar-refractivity contribution in [1.82, 2.24) is 0 Å². The molecule has 0 heteroatoms. The van der Waals surface area contributed by atoms with Crippen molar-refractivity contribution in [3.8, 4) is 0 Å². The van der Waals surface area contributed by atoms with E-state index in [4.69, 9.17) is 0 Å². The smallest absolute Gasteiger partial charge is 0.0322 e. The molecule has 1 aliphatic rings. The molecule has 0 nitrogen and oxygen atoms in total. The molecule has 0 saturated heterocycles. The van der Waals surface area contributed by atoms with E-state index < -0.39 is 0 Å². The fraction of sp³-hybridized carbons (Fsp3) is 0.833. The van der Waals surface area contributed by atoms with Gasteiger partial charge in [-0.15, -0.1) is 0 Å². The van der Waals surface area contributed by atoms with Gasteiger partial charge < -0.3 is 0 Å². The van der Waals surface area contributed by atoms with E-state index >= 15 is 0 Å². The third-order valence-corrected chi connectivity index (χ3v) is 2.86. The predicted octanol–water partition coefficient (Wildman–Crippen LogP) is 4.17. The molecule has 0 aromatic rings. The molecule has 0 spiro atoms. The lowest BCUT2D eigenvalue weighted by Crippen LogP contribution is -1.94. The second-order valence-electron chi connectivity index (χ2n) is 4.42. The van der Waals surface area contributed by atoms with Crippen molar-refractivity contribution in [2.45, 2.75) is 52.9 Å². The Morgan fingerprint density at radius 1 is 1.50 bits per heavy atom. The van der Waals surface area contributed by atoms with Gasteiger partial charge in [-0.1, -0.05) is 38.3 Å². The minimum Gasteiger partial charge on any atom is -0.0854 e. The zero-order chi connectivity index (χ0) is 8.97. The molecule has 1 aliphatic carbocycles. The molecule has 0 aromatic carbocycles. The standard InChI is InChI=1S/C12H22/c1-4-10(2)5-6-11(3)9-12-7-8-12/h5,11-12H,4,6-9H2,1-3H3. The SMILES string of the molecule is CCC(C)=CCC(C)CC1CC1. The van der Waals surface area contributed by atoms with Crippen LogP contribution in [0.4, 0.5) is 0 Å². The fourth-order valence-electron chi connectivity index (χ4n) is 1.57. The molecule has 1 fully saturated rings. The van der Waals surface area contributed by atoms with Crippen LogP contribution in [0, 0.1) is 11.8 Å². The maximum atomic E-state index is 2.42. The molecule has 0 radical (unpaired) electrons. The normalized spacial score (nSPS) is 21.1. The highest BCUT2D eigenvalue weighted by molar-refractivity contribution is 4.97. The Balaban J connectivity index is 2.11. The molecule has 0 N–H and O–H groups in total. The molecule has 12 heavy (non-hydrogen) atoms. The Morgan fingerprint density at radius 3 is 2.67 bits per heavy atom. The van der Waals surface area contributed by atoms with Crippen molar-refractivity contribution >= 4 is 0 Å². The summed E-state index contributed by atoms with van der Waals surface area (Å²) >= 11 is 0. The van der Waals surface area contributed by atoms with Gasteiger partial charge in [-0.05, 0) is 38.0 Å². The second kappa shape index (κ2) is 4.69. The van der Waals surface area contributed by atoms with Crippen LogP contribution in [0.5, 0.6) is 0 Å². The van der Waals surface area contributed by atoms with E-state index in [1.54, 1.807) is 5.57 Å². The summed E-state index contributed by atoms with van der Waals surface area (Å²) < 4.78 is 0. The summed E-state index contributed by atoms with van der Waals surface area (Å²) in [4.78, 5) is 0. The lowest BCUT2D eigenvalue weighted by molar-refractivity contribution is 0.501. The summed E-state index contributed by atoms with van der Waals surface area (Å²) in [5.74, 6) is 2.01. The summed E-state index contributed by atoms with van der Waals surface area (Å²) in [5, 5.41) is 0. The van der Waals surface area contributed by atoms with Crippen molar-refractivity contribution in [2.24, 2.45) is 11.8 Å². The molecular weight excluding hydrogens is 144 g/mol. The van der Waals surface area contributed by atoms with E-state index in [9.17, 15) is 0 Å². The second-order valence-corrected chi connectivity index (χ2v) is 4.42. The summed E-state index contributed by atoms with van der Waals surface area (Å²) in [6, 6.07) is 0. The minimum absolute atomic E-state index is 0.916. The Kier molecular flexibility index (Phi) is 3.84. The summed E-state index contributed by atoms with van der Waals surface area (Å²) in [7, 11) is 0. The summed E-state index contributed by atoms with van der Waals surface area (Å²) in [5.41, 5.74) is 1.55. The van der Waals surface area contributed by atoms with Gasteiger partial charge in [0.05, 0.1) is 0 Å². The van der Waals surface area contributed by atoms with Crippen molar-refractivity contribution < 1.29 is 0 Å². The molecule has 70 valence electrons. The monoisotopic (exact) mass is 166 g/mol. The maximum Gasteiger partial charge on any atom is -0.0322 e. The number of allylic oxidation sites excluding steroid dienone is 2. The molecule has 0 amide bonds. The molecule has 0 aliphatic heterocycles. The van der Waals surface area contributed by atoms with Crippen molar-refractivity contribution in [3.05, 3.63) is 11.6 Å².